The average molecular weight is 248 g/mol. The molecule has 2 saturated heterocycles. The number of hydrogen-bond donors (Lipinski definition) is 1. The van der Waals surface area contributed by atoms with Crippen molar-refractivity contribution >= 4 is 0 Å². The Morgan fingerprint density at radius 3 is 2.35 bits per heavy atom. The Bertz CT molecular complexity index is 204. The Morgan fingerprint density at radius 2 is 1.71 bits per heavy atom. The predicted octanol–water partition coefficient (Wildman–Crippen LogP) is -0.458. The fourth-order valence-electron chi connectivity index (χ4n) is 1.27. The predicted molar refractivity (Wildman–Crippen MR) is 57.7 cm³/mol. The van der Waals surface area contributed by atoms with Crippen LogP contribution in [0.5, 0.6) is 0 Å². The Morgan fingerprint density at radius 1 is 1.06 bits per heavy atom. The first-order valence-electron chi connectivity index (χ1n) is 5.99. The summed E-state index contributed by atoms with van der Waals surface area (Å²) in [4.78, 5) is 0. The van der Waals surface area contributed by atoms with E-state index in [1.54, 1.807) is 0 Å². The summed E-state index contributed by atoms with van der Waals surface area (Å²) < 4.78 is 25.6. The molecule has 3 unspecified atom stereocenters. The summed E-state index contributed by atoms with van der Waals surface area (Å²) in [6, 6.07) is 0. The van der Waals surface area contributed by atoms with E-state index in [2.05, 4.69) is 0 Å². The minimum absolute atomic E-state index is 0.202. The first-order valence-corrected chi connectivity index (χ1v) is 5.99. The molecule has 0 bridgehead atoms. The second kappa shape index (κ2) is 7.25. The average Bonchev–Trinajstić information content (AvgIpc) is 3.17. The first kappa shape index (κ1) is 13.2. The van der Waals surface area contributed by atoms with Gasteiger partial charge in [0.25, 0.3) is 0 Å². The van der Waals surface area contributed by atoms with E-state index in [1.165, 1.54) is 0 Å². The van der Waals surface area contributed by atoms with Gasteiger partial charge in [-0.25, -0.2) is 0 Å². The van der Waals surface area contributed by atoms with Crippen LogP contribution in [0.4, 0.5) is 0 Å². The molecule has 2 fully saturated rings. The normalized spacial score (nSPS) is 28.1. The van der Waals surface area contributed by atoms with E-state index in [0.29, 0.717) is 26.2 Å². The molecule has 100 valence electrons. The zero-order valence-corrected chi connectivity index (χ0v) is 9.88. The third kappa shape index (κ3) is 6.92. The largest absolute Gasteiger partial charge is 0.391 e. The van der Waals surface area contributed by atoms with Gasteiger partial charge in [0.1, 0.15) is 19.0 Å². The summed E-state index contributed by atoms with van der Waals surface area (Å²) in [7, 11) is 0. The number of rotatable bonds is 11. The molecular formula is C11H20O6. The zero-order chi connectivity index (χ0) is 11.9. The second-order valence-corrected chi connectivity index (χ2v) is 4.29. The molecule has 6 heteroatoms. The van der Waals surface area contributed by atoms with Crippen LogP contribution in [0.15, 0.2) is 0 Å². The molecule has 1 N–H and O–H groups in total. The molecule has 0 aromatic heterocycles. The van der Waals surface area contributed by atoms with Crippen molar-refractivity contribution in [2.75, 3.05) is 46.4 Å². The molecule has 2 aliphatic heterocycles. The van der Waals surface area contributed by atoms with Crippen LogP contribution in [0.2, 0.25) is 0 Å². The lowest BCUT2D eigenvalue weighted by atomic mass is 10.3. The molecule has 0 aromatic rings. The van der Waals surface area contributed by atoms with Gasteiger partial charge >= 0.3 is 0 Å². The summed E-state index contributed by atoms with van der Waals surface area (Å²) in [5.74, 6) is 0. The molecule has 0 spiro atoms. The van der Waals surface area contributed by atoms with Gasteiger partial charge < -0.3 is 28.8 Å². The van der Waals surface area contributed by atoms with Gasteiger partial charge in [0.2, 0.25) is 0 Å². The molecule has 0 amide bonds. The van der Waals surface area contributed by atoms with Crippen molar-refractivity contribution in [2.24, 2.45) is 0 Å². The van der Waals surface area contributed by atoms with Crippen LogP contribution in [0, 0.1) is 0 Å². The van der Waals surface area contributed by atoms with Gasteiger partial charge in [-0.3, -0.25) is 0 Å². The van der Waals surface area contributed by atoms with Gasteiger partial charge in [0, 0.05) is 6.61 Å². The number of hydrogen-bond acceptors (Lipinski definition) is 6. The Kier molecular flexibility index (Phi) is 5.63. The first-order chi connectivity index (χ1) is 8.34. The van der Waals surface area contributed by atoms with Crippen molar-refractivity contribution in [3.8, 4) is 0 Å². The molecule has 0 saturated carbocycles. The third-order valence-electron chi connectivity index (χ3n) is 2.48. The van der Waals surface area contributed by atoms with Crippen LogP contribution in [-0.4, -0.2) is 69.9 Å². The number of aliphatic hydroxyl groups excluding tert-OH is 1. The maximum atomic E-state index is 9.53. The van der Waals surface area contributed by atoms with E-state index in [4.69, 9.17) is 23.7 Å². The minimum Gasteiger partial charge on any atom is -0.391 e. The fourth-order valence-corrected chi connectivity index (χ4v) is 1.27. The smallest absolute Gasteiger partial charge is 0.146 e. The van der Waals surface area contributed by atoms with Crippen molar-refractivity contribution in [3.05, 3.63) is 0 Å². The quantitative estimate of drug-likeness (QED) is 0.303. The lowest BCUT2D eigenvalue weighted by Crippen LogP contribution is -2.19. The maximum Gasteiger partial charge on any atom is 0.146 e. The van der Waals surface area contributed by atoms with Crippen molar-refractivity contribution < 1.29 is 28.8 Å². The SMILES string of the molecule is OC(CCOCC1CO1)COCOCC1CO1. The van der Waals surface area contributed by atoms with E-state index < -0.39 is 6.10 Å². The summed E-state index contributed by atoms with van der Waals surface area (Å²) in [5.41, 5.74) is 0. The van der Waals surface area contributed by atoms with Crippen LogP contribution in [-0.2, 0) is 23.7 Å². The highest BCUT2D eigenvalue weighted by Gasteiger charge is 2.22. The van der Waals surface area contributed by atoms with Gasteiger partial charge in [0.15, 0.2) is 0 Å². The second-order valence-electron chi connectivity index (χ2n) is 4.29. The Hall–Kier alpha value is -0.240. The summed E-state index contributed by atoms with van der Waals surface area (Å²) >= 11 is 0. The molecular weight excluding hydrogens is 228 g/mol. The van der Waals surface area contributed by atoms with Crippen LogP contribution in [0.25, 0.3) is 0 Å². The van der Waals surface area contributed by atoms with Crippen LogP contribution in [0.3, 0.4) is 0 Å². The fraction of sp³-hybridized carbons (Fsp3) is 1.00. The maximum absolute atomic E-state index is 9.53. The molecule has 0 aliphatic carbocycles. The van der Waals surface area contributed by atoms with Crippen molar-refractivity contribution in [3.63, 3.8) is 0 Å². The van der Waals surface area contributed by atoms with E-state index >= 15 is 0 Å². The molecule has 17 heavy (non-hydrogen) atoms. The van der Waals surface area contributed by atoms with Crippen LogP contribution < -0.4 is 0 Å². The van der Waals surface area contributed by atoms with E-state index in [0.717, 1.165) is 13.2 Å². The Balaban J connectivity index is 1.31. The summed E-state index contributed by atoms with van der Waals surface area (Å²) in [6.07, 6.45) is 0.595. The highest BCUT2D eigenvalue weighted by molar-refractivity contribution is 4.67. The number of aliphatic hydroxyl groups is 1. The van der Waals surface area contributed by atoms with Crippen LogP contribution >= 0.6 is 0 Å². The highest BCUT2D eigenvalue weighted by Crippen LogP contribution is 2.09. The monoisotopic (exact) mass is 248 g/mol. The standard InChI is InChI=1S/C11H20O6/c12-9(1-2-13-4-10-6-16-10)3-14-8-15-5-11-7-17-11/h9-12H,1-8H2. The van der Waals surface area contributed by atoms with Crippen LogP contribution in [0.1, 0.15) is 6.42 Å². The third-order valence-corrected chi connectivity index (χ3v) is 2.48. The van der Waals surface area contributed by atoms with Crippen molar-refractivity contribution in [1.29, 1.82) is 0 Å². The molecule has 0 aromatic carbocycles. The molecule has 2 rings (SSSR count). The zero-order valence-electron chi connectivity index (χ0n) is 9.88. The lowest BCUT2D eigenvalue weighted by Gasteiger charge is -2.11. The molecule has 0 radical (unpaired) electrons. The number of ether oxygens (including phenoxy) is 5. The Labute approximate surface area is 101 Å². The highest BCUT2D eigenvalue weighted by atomic mass is 16.7. The van der Waals surface area contributed by atoms with Gasteiger partial charge in [-0.15, -0.1) is 0 Å². The summed E-state index contributed by atoms with van der Waals surface area (Å²) in [6.45, 7) is 3.78. The topological polar surface area (TPSA) is 73.0 Å². The number of epoxide rings is 2. The van der Waals surface area contributed by atoms with E-state index in [1.807, 2.05) is 0 Å². The van der Waals surface area contributed by atoms with Gasteiger partial charge in [-0.2, -0.15) is 0 Å². The lowest BCUT2D eigenvalue weighted by molar-refractivity contribution is -0.0851. The molecule has 3 atom stereocenters. The van der Waals surface area contributed by atoms with Gasteiger partial charge in [-0.1, -0.05) is 0 Å². The molecule has 2 heterocycles. The van der Waals surface area contributed by atoms with E-state index in [-0.39, 0.29) is 25.6 Å². The summed E-state index contributed by atoms with van der Waals surface area (Å²) in [5, 5.41) is 9.53. The van der Waals surface area contributed by atoms with Crippen molar-refractivity contribution in [1.82, 2.24) is 0 Å². The molecule has 2 aliphatic rings. The van der Waals surface area contributed by atoms with Gasteiger partial charge in [0.05, 0.1) is 39.1 Å². The minimum atomic E-state index is -0.504. The molecule has 6 nitrogen and oxygen atoms in total. The van der Waals surface area contributed by atoms with Crippen molar-refractivity contribution in [2.45, 2.75) is 24.7 Å². The van der Waals surface area contributed by atoms with E-state index in [9.17, 15) is 5.11 Å². The van der Waals surface area contributed by atoms with Gasteiger partial charge in [-0.05, 0) is 6.42 Å².